The molecule has 3 nitrogen and oxygen atoms in total. The van der Waals surface area contributed by atoms with Gasteiger partial charge in [-0.05, 0) is 37.9 Å². The molecule has 0 amide bonds. The van der Waals surface area contributed by atoms with Crippen LogP contribution in [0.3, 0.4) is 0 Å². The maximum absolute atomic E-state index is 10.8. The largest absolute Gasteiger partial charge is 0.454 e. The minimum atomic E-state index is 0.166. The number of rotatable bonds is 1. The van der Waals surface area contributed by atoms with E-state index in [9.17, 15) is 4.79 Å². The molecule has 1 aliphatic heterocycles. The molecule has 68 valence electrons. The summed E-state index contributed by atoms with van der Waals surface area (Å²) in [5.41, 5.74) is 0.474. The van der Waals surface area contributed by atoms with Crippen LogP contribution in [0.4, 0.5) is 0 Å². The van der Waals surface area contributed by atoms with E-state index in [4.69, 9.17) is 9.47 Å². The first-order valence-electron chi connectivity index (χ1n) is 3.47. The maximum Gasteiger partial charge on any atom is 0.231 e. The summed E-state index contributed by atoms with van der Waals surface area (Å²) in [4.78, 5) is 10.8. The van der Waals surface area contributed by atoms with Crippen molar-refractivity contribution in [1.82, 2.24) is 0 Å². The SMILES string of the molecule is O=Cc1c(Br)c(Br)cc2c1OCO2. The van der Waals surface area contributed by atoms with Crippen molar-refractivity contribution in [2.24, 2.45) is 0 Å². The molecule has 0 N–H and O–H groups in total. The summed E-state index contributed by atoms with van der Waals surface area (Å²) in [6.45, 7) is 0.166. The van der Waals surface area contributed by atoms with E-state index >= 15 is 0 Å². The first-order chi connectivity index (χ1) is 6.24. The van der Waals surface area contributed by atoms with Crippen LogP contribution in [0.2, 0.25) is 0 Å². The molecule has 0 fully saturated rings. The Bertz CT molecular complexity index is 376. The number of halogens is 2. The van der Waals surface area contributed by atoms with Crippen LogP contribution in [-0.2, 0) is 0 Å². The second kappa shape index (κ2) is 3.31. The van der Waals surface area contributed by atoms with E-state index in [0.717, 1.165) is 10.8 Å². The van der Waals surface area contributed by atoms with Crippen molar-refractivity contribution >= 4 is 38.1 Å². The Morgan fingerprint density at radius 1 is 1.38 bits per heavy atom. The molecule has 1 aromatic carbocycles. The van der Waals surface area contributed by atoms with Crippen LogP contribution in [0.1, 0.15) is 10.4 Å². The van der Waals surface area contributed by atoms with Crippen molar-refractivity contribution in [3.05, 3.63) is 20.6 Å². The van der Waals surface area contributed by atoms with Gasteiger partial charge < -0.3 is 9.47 Å². The highest BCUT2D eigenvalue weighted by Crippen LogP contribution is 2.42. The van der Waals surface area contributed by atoms with Gasteiger partial charge in [-0.3, -0.25) is 4.79 Å². The van der Waals surface area contributed by atoms with Gasteiger partial charge in [-0.15, -0.1) is 0 Å². The number of aldehydes is 1. The summed E-state index contributed by atoms with van der Waals surface area (Å²) < 4.78 is 11.8. The number of hydrogen-bond donors (Lipinski definition) is 0. The normalized spacial score (nSPS) is 13.1. The van der Waals surface area contributed by atoms with E-state index in [1.165, 1.54) is 0 Å². The average Bonchev–Trinajstić information content (AvgIpc) is 2.54. The summed E-state index contributed by atoms with van der Waals surface area (Å²) in [5, 5.41) is 0. The van der Waals surface area contributed by atoms with Gasteiger partial charge >= 0.3 is 0 Å². The molecule has 0 spiro atoms. The van der Waals surface area contributed by atoms with Gasteiger partial charge in [0, 0.05) is 8.95 Å². The second-order valence-electron chi connectivity index (χ2n) is 2.44. The van der Waals surface area contributed by atoms with Crippen molar-refractivity contribution in [3.63, 3.8) is 0 Å². The first-order valence-corrected chi connectivity index (χ1v) is 5.05. The highest BCUT2D eigenvalue weighted by atomic mass is 79.9. The fourth-order valence-corrected chi connectivity index (χ4v) is 1.93. The topological polar surface area (TPSA) is 35.5 Å². The molecule has 1 aliphatic rings. The summed E-state index contributed by atoms with van der Waals surface area (Å²) in [6.07, 6.45) is 0.738. The predicted octanol–water partition coefficient (Wildman–Crippen LogP) is 2.75. The third kappa shape index (κ3) is 1.36. The quantitative estimate of drug-likeness (QED) is 0.748. The van der Waals surface area contributed by atoms with Crippen molar-refractivity contribution in [2.75, 3.05) is 6.79 Å². The lowest BCUT2D eigenvalue weighted by molar-refractivity contribution is 0.111. The molecule has 0 bridgehead atoms. The molecule has 0 aromatic heterocycles. The van der Waals surface area contributed by atoms with Gasteiger partial charge in [0.25, 0.3) is 0 Å². The van der Waals surface area contributed by atoms with Gasteiger partial charge in [-0.25, -0.2) is 0 Å². The Hall–Kier alpha value is -0.550. The summed E-state index contributed by atoms with van der Waals surface area (Å²) >= 11 is 6.58. The van der Waals surface area contributed by atoms with Gasteiger partial charge in [-0.2, -0.15) is 0 Å². The summed E-state index contributed by atoms with van der Waals surface area (Å²) in [7, 11) is 0. The number of carbonyl (C=O) groups excluding carboxylic acids is 1. The van der Waals surface area contributed by atoms with Crippen LogP contribution in [0, 0.1) is 0 Å². The third-order valence-electron chi connectivity index (χ3n) is 1.71. The van der Waals surface area contributed by atoms with Crippen LogP contribution < -0.4 is 9.47 Å². The zero-order chi connectivity index (χ0) is 9.42. The second-order valence-corrected chi connectivity index (χ2v) is 4.09. The van der Waals surface area contributed by atoms with Crippen molar-refractivity contribution in [1.29, 1.82) is 0 Å². The van der Waals surface area contributed by atoms with Gasteiger partial charge in [0.15, 0.2) is 17.8 Å². The Labute approximate surface area is 91.3 Å². The van der Waals surface area contributed by atoms with E-state index in [-0.39, 0.29) is 6.79 Å². The number of carbonyl (C=O) groups is 1. The smallest absolute Gasteiger partial charge is 0.231 e. The Morgan fingerprint density at radius 2 is 2.15 bits per heavy atom. The van der Waals surface area contributed by atoms with E-state index in [0.29, 0.717) is 21.5 Å². The number of benzene rings is 1. The maximum atomic E-state index is 10.8. The third-order valence-corrected chi connectivity index (χ3v) is 3.72. The summed E-state index contributed by atoms with van der Waals surface area (Å²) in [5.74, 6) is 1.10. The zero-order valence-corrected chi connectivity index (χ0v) is 9.51. The van der Waals surface area contributed by atoms with Crippen LogP contribution in [0.25, 0.3) is 0 Å². The highest BCUT2D eigenvalue weighted by molar-refractivity contribution is 9.13. The first kappa shape index (κ1) is 9.02. The standard InChI is InChI=1S/C8H4Br2O3/c9-5-1-6-8(13-3-12-6)4(2-11)7(5)10/h1-2H,3H2. The molecule has 0 atom stereocenters. The molecule has 0 unspecified atom stereocenters. The van der Waals surface area contributed by atoms with Gasteiger partial charge in [0.05, 0.1) is 5.56 Å². The van der Waals surface area contributed by atoms with E-state index in [1.54, 1.807) is 6.07 Å². The number of ether oxygens (including phenoxy) is 2. The van der Waals surface area contributed by atoms with Crippen molar-refractivity contribution in [3.8, 4) is 11.5 Å². The van der Waals surface area contributed by atoms with Gasteiger partial charge in [-0.1, -0.05) is 0 Å². The van der Waals surface area contributed by atoms with E-state index in [2.05, 4.69) is 31.9 Å². The Balaban J connectivity index is 2.71. The Morgan fingerprint density at radius 3 is 2.85 bits per heavy atom. The van der Waals surface area contributed by atoms with Crippen molar-refractivity contribution in [2.45, 2.75) is 0 Å². The Kier molecular flexibility index (Phi) is 2.29. The molecule has 2 rings (SSSR count). The molecular weight excluding hydrogens is 304 g/mol. The minimum Gasteiger partial charge on any atom is -0.454 e. The monoisotopic (exact) mass is 306 g/mol. The number of hydrogen-bond acceptors (Lipinski definition) is 3. The predicted molar refractivity (Wildman–Crippen MR) is 53.4 cm³/mol. The molecule has 13 heavy (non-hydrogen) atoms. The molecular formula is C8H4Br2O3. The fourth-order valence-electron chi connectivity index (χ4n) is 1.12. The lowest BCUT2D eigenvalue weighted by atomic mass is 10.2. The zero-order valence-electron chi connectivity index (χ0n) is 6.34. The molecule has 0 saturated carbocycles. The van der Waals surface area contributed by atoms with E-state index < -0.39 is 0 Å². The fraction of sp³-hybridized carbons (Fsp3) is 0.125. The highest BCUT2D eigenvalue weighted by Gasteiger charge is 2.21. The van der Waals surface area contributed by atoms with Crippen LogP contribution >= 0.6 is 31.9 Å². The minimum absolute atomic E-state index is 0.166. The average molecular weight is 308 g/mol. The molecule has 0 saturated heterocycles. The molecule has 1 aromatic rings. The molecule has 0 radical (unpaired) electrons. The van der Waals surface area contributed by atoms with Crippen LogP contribution in [0.15, 0.2) is 15.0 Å². The molecule has 0 aliphatic carbocycles. The van der Waals surface area contributed by atoms with Crippen LogP contribution in [-0.4, -0.2) is 13.1 Å². The van der Waals surface area contributed by atoms with E-state index in [1.807, 2.05) is 0 Å². The number of fused-ring (bicyclic) bond motifs is 1. The van der Waals surface area contributed by atoms with Crippen LogP contribution in [0.5, 0.6) is 11.5 Å². The van der Waals surface area contributed by atoms with Gasteiger partial charge in [0.2, 0.25) is 6.79 Å². The lowest BCUT2D eigenvalue weighted by Crippen LogP contribution is -1.94. The molecule has 1 heterocycles. The van der Waals surface area contributed by atoms with Gasteiger partial charge in [0.1, 0.15) is 0 Å². The lowest BCUT2D eigenvalue weighted by Gasteiger charge is -2.03. The van der Waals surface area contributed by atoms with Crippen molar-refractivity contribution < 1.29 is 14.3 Å². The summed E-state index contributed by atoms with van der Waals surface area (Å²) in [6, 6.07) is 1.76. The molecule has 5 heteroatoms.